The number of carbonyl (C=O) groups excluding carboxylic acids is 1. The quantitative estimate of drug-likeness (QED) is 0.706. The van der Waals surface area contributed by atoms with Crippen molar-refractivity contribution in [2.24, 2.45) is 5.10 Å². The number of nitrogens with zero attached hydrogens (tertiary/aromatic N) is 2. The van der Waals surface area contributed by atoms with Gasteiger partial charge in [0.25, 0.3) is 0 Å². The number of rotatable bonds is 3. The van der Waals surface area contributed by atoms with E-state index in [-0.39, 0.29) is 12.3 Å². The number of esters is 1. The Morgan fingerprint density at radius 1 is 1.31 bits per heavy atom. The first-order chi connectivity index (χ1) is 7.86. The van der Waals surface area contributed by atoms with Gasteiger partial charge in [0.15, 0.2) is 0 Å². The van der Waals surface area contributed by atoms with Gasteiger partial charge in [-0.05, 0) is 11.6 Å². The molecule has 4 nitrogen and oxygen atoms in total. The van der Waals surface area contributed by atoms with Crippen LogP contribution in [0.5, 0.6) is 0 Å². The molecule has 1 heterocycles. The summed E-state index contributed by atoms with van der Waals surface area (Å²) in [5, 5.41) is 7.28. The van der Waals surface area contributed by atoms with Gasteiger partial charge in [-0.2, -0.15) is 0 Å². The molecule has 1 radical (unpaired) electrons. The third-order valence-corrected chi connectivity index (χ3v) is 1.99. The Balaban J connectivity index is 1.92. The summed E-state index contributed by atoms with van der Waals surface area (Å²) >= 11 is 0. The Kier molecular flexibility index (Phi) is 3.23. The zero-order valence-electron chi connectivity index (χ0n) is 8.54. The SMILES string of the molecule is O=C(OCc1ccccc1)C1=[N+]N=CC=C1. The van der Waals surface area contributed by atoms with Crippen molar-refractivity contribution in [3.63, 3.8) is 0 Å². The smallest absolute Gasteiger partial charge is 0.414 e. The van der Waals surface area contributed by atoms with Crippen molar-refractivity contribution in [2.45, 2.75) is 6.61 Å². The second-order valence-corrected chi connectivity index (χ2v) is 3.17. The molecule has 2 rings (SSSR count). The van der Waals surface area contributed by atoms with Gasteiger partial charge in [0, 0.05) is 6.08 Å². The van der Waals surface area contributed by atoms with Gasteiger partial charge in [-0.3, -0.25) is 0 Å². The van der Waals surface area contributed by atoms with Gasteiger partial charge in [0.05, 0.1) is 5.10 Å². The molecule has 4 heteroatoms. The standard InChI is InChI=1S/C12H10N2O2/c15-12(11-7-4-8-13-14-11)16-9-10-5-2-1-3-6-10/h1-8H,9H2/q+1. The average molecular weight is 214 g/mol. The van der Waals surface area contributed by atoms with Crippen LogP contribution in [0.3, 0.4) is 0 Å². The van der Waals surface area contributed by atoms with Gasteiger partial charge in [-0.25, -0.2) is 4.79 Å². The number of carbonyl (C=O) groups is 1. The minimum atomic E-state index is -0.461. The molecule has 1 aliphatic rings. The fraction of sp³-hybridized carbons (Fsp3) is 0.0833. The van der Waals surface area contributed by atoms with Crippen molar-refractivity contribution in [1.82, 2.24) is 5.10 Å². The highest BCUT2D eigenvalue weighted by atomic mass is 16.5. The lowest BCUT2D eigenvalue weighted by atomic mass is 10.2. The summed E-state index contributed by atoms with van der Waals surface area (Å²) in [6, 6.07) is 9.49. The van der Waals surface area contributed by atoms with Crippen LogP contribution in [0.4, 0.5) is 0 Å². The fourth-order valence-corrected chi connectivity index (χ4v) is 1.21. The molecule has 1 aromatic rings. The number of ether oxygens (including phenoxy) is 1. The zero-order chi connectivity index (χ0) is 11.2. The molecule has 16 heavy (non-hydrogen) atoms. The van der Waals surface area contributed by atoms with Crippen LogP contribution in [-0.2, 0) is 16.1 Å². The average Bonchev–Trinajstić information content (AvgIpc) is 2.38. The molecule has 0 aromatic heterocycles. The van der Waals surface area contributed by atoms with Gasteiger partial charge in [-0.1, -0.05) is 30.3 Å². The molecule has 1 aromatic carbocycles. The molecule has 0 atom stereocenters. The predicted molar refractivity (Wildman–Crippen MR) is 61.0 cm³/mol. The van der Waals surface area contributed by atoms with Crippen molar-refractivity contribution in [3.8, 4) is 0 Å². The molecule has 0 saturated heterocycles. The zero-order valence-corrected chi connectivity index (χ0v) is 8.54. The Morgan fingerprint density at radius 3 is 2.81 bits per heavy atom. The summed E-state index contributed by atoms with van der Waals surface area (Å²) < 4.78 is 5.07. The first-order valence-corrected chi connectivity index (χ1v) is 4.85. The van der Waals surface area contributed by atoms with Gasteiger partial charge in [0.2, 0.25) is 5.10 Å². The number of hydrogen-bond acceptors (Lipinski definition) is 4. The lowest BCUT2D eigenvalue weighted by molar-refractivity contribution is -0.136. The molecule has 0 N–H and O–H groups in total. The lowest BCUT2D eigenvalue weighted by Crippen LogP contribution is -2.20. The largest absolute Gasteiger partial charge is 0.453 e. The minimum absolute atomic E-state index is 0.221. The topological polar surface area (TPSA) is 52.8 Å². The summed E-state index contributed by atoms with van der Waals surface area (Å²) in [7, 11) is 0. The van der Waals surface area contributed by atoms with Crippen LogP contribution in [0.15, 0.2) is 47.6 Å². The molecular weight excluding hydrogens is 204 g/mol. The molecule has 0 saturated carbocycles. The second kappa shape index (κ2) is 5.02. The molecule has 79 valence electrons. The Hall–Kier alpha value is -2.23. The first-order valence-electron chi connectivity index (χ1n) is 4.85. The summed E-state index contributed by atoms with van der Waals surface area (Å²) in [5.41, 5.74) is 1.16. The second-order valence-electron chi connectivity index (χ2n) is 3.17. The monoisotopic (exact) mass is 214 g/mol. The highest BCUT2D eigenvalue weighted by Gasteiger charge is 2.22. The maximum Gasteiger partial charge on any atom is 0.414 e. The highest BCUT2D eigenvalue weighted by Crippen LogP contribution is 2.01. The van der Waals surface area contributed by atoms with E-state index < -0.39 is 5.97 Å². The van der Waals surface area contributed by atoms with E-state index in [1.54, 1.807) is 12.2 Å². The van der Waals surface area contributed by atoms with E-state index in [2.05, 4.69) is 10.2 Å². The maximum absolute atomic E-state index is 11.5. The van der Waals surface area contributed by atoms with E-state index >= 15 is 0 Å². The number of allylic oxidation sites excluding steroid dienone is 1. The molecule has 0 aliphatic carbocycles. The van der Waals surface area contributed by atoms with Gasteiger partial charge < -0.3 is 4.74 Å². The van der Waals surface area contributed by atoms with Crippen molar-refractivity contribution in [1.29, 1.82) is 0 Å². The predicted octanol–water partition coefficient (Wildman–Crippen LogP) is 1.06. The molecule has 0 spiro atoms. The van der Waals surface area contributed by atoms with Gasteiger partial charge in [-0.15, -0.1) is 0 Å². The van der Waals surface area contributed by atoms with E-state index in [9.17, 15) is 4.79 Å². The van der Waals surface area contributed by atoms with Crippen LogP contribution < -0.4 is 5.10 Å². The number of benzene rings is 1. The summed E-state index contributed by atoms with van der Waals surface area (Å²) in [6.07, 6.45) is 4.72. The Bertz CT molecular complexity index is 461. The molecular formula is C12H10N2O2+. The van der Waals surface area contributed by atoms with Crippen LogP contribution in [0, 0.1) is 0 Å². The summed E-state index contributed by atoms with van der Waals surface area (Å²) in [4.78, 5) is 11.5. The van der Waals surface area contributed by atoms with Crippen molar-refractivity contribution in [3.05, 3.63) is 48.0 Å². The van der Waals surface area contributed by atoms with Crippen LogP contribution in [0.2, 0.25) is 0 Å². The third-order valence-electron chi connectivity index (χ3n) is 1.99. The first kappa shape index (κ1) is 10.3. The van der Waals surface area contributed by atoms with Crippen molar-refractivity contribution < 1.29 is 9.53 Å². The Morgan fingerprint density at radius 2 is 2.12 bits per heavy atom. The van der Waals surface area contributed by atoms with Crippen LogP contribution >= 0.6 is 0 Å². The normalized spacial score (nSPS) is 13.4. The van der Waals surface area contributed by atoms with Crippen molar-refractivity contribution in [2.75, 3.05) is 0 Å². The van der Waals surface area contributed by atoms with E-state index in [0.29, 0.717) is 0 Å². The van der Waals surface area contributed by atoms with E-state index in [1.165, 1.54) is 6.21 Å². The van der Waals surface area contributed by atoms with E-state index in [1.807, 2.05) is 30.3 Å². The summed E-state index contributed by atoms with van der Waals surface area (Å²) in [5.74, 6) is -0.461. The van der Waals surface area contributed by atoms with E-state index in [0.717, 1.165) is 5.56 Å². The molecule has 0 amide bonds. The van der Waals surface area contributed by atoms with Gasteiger partial charge in [0.1, 0.15) is 12.8 Å². The van der Waals surface area contributed by atoms with Gasteiger partial charge >= 0.3 is 11.7 Å². The highest BCUT2D eigenvalue weighted by molar-refractivity contribution is 6.41. The third kappa shape index (κ3) is 2.63. The molecule has 0 fully saturated rings. The van der Waals surface area contributed by atoms with Crippen LogP contribution in [0.25, 0.3) is 0 Å². The summed E-state index contributed by atoms with van der Waals surface area (Å²) in [6.45, 7) is 0.246. The Labute approximate surface area is 93.0 Å². The fourth-order valence-electron chi connectivity index (χ4n) is 1.21. The van der Waals surface area contributed by atoms with Crippen molar-refractivity contribution >= 4 is 17.9 Å². The molecule has 0 unspecified atom stereocenters. The minimum Gasteiger partial charge on any atom is -0.453 e. The van der Waals surface area contributed by atoms with Crippen LogP contribution in [0.1, 0.15) is 5.56 Å². The molecule has 0 bridgehead atoms. The van der Waals surface area contributed by atoms with E-state index in [4.69, 9.17) is 4.74 Å². The lowest BCUT2D eigenvalue weighted by Gasteiger charge is -2.00. The number of hydrogen-bond donors (Lipinski definition) is 0. The maximum atomic E-state index is 11.5. The van der Waals surface area contributed by atoms with Crippen LogP contribution in [-0.4, -0.2) is 17.9 Å². The molecule has 1 aliphatic heterocycles.